The fourth-order valence-corrected chi connectivity index (χ4v) is 2.80. The minimum absolute atomic E-state index is 0.0245. The Kier molecular flexibility index (Phi) is 3.79. The number of hydrogen-bond donors (Lipinski definition) is 2. The van der Waals surface area contributed by atoms with Crippen molar-refractivity contribution in [3.05, 3.63) is 35.9 Å². The lowest BCUT2D eigenvalue weighted by Gasteiger charge is -2.17. The van der Waals surface area contributed by atoms with Gasteiger partial charge >= 0.3 is 6.18 Å². The fourth-order valence-electron chi connectivity index (χ4n) is 2.06. The van der Waals surface area contributed by atoms with Gasteiger partial charge in [0.05, 0.1) is 10.5 Å². The molecule has 1 aromatic carbocycles. The zero-order chi connectivity index (χ0) is 15.0. The molecule has 0 aromatic heterocycles. The molecule has 1 aliphatic carbocycles. The van der Waals surface area contributed by atoms with Gasteiger partial charge in [0.1, 0.15) is 0 Å². The predicted octanol–water partition coefficient (Wildman–Crippen LogP) is 2.48. The second-order valence-electron chi connectivity index (χ2n) is 4.54. The quantitative estimate of drug-likeness (QED) is 0.843. The number of halogens is 3. The number of nitrogens with two attached hydrogens (primary N) is 1. The molecule has 2 rings (SSSR count). The van der Waals surface area contributed by atoms with Crippen LogP contribution in [0.1, 0.15) is 18.4 Å². The van der Waals surface area contributed by atoms with Crippen molar-refractivity contribution >= 4 is 15.7 Å². The summed E-state index contributed by atoms with van der Waals surface area (Å²) in [6, 6.07) is 2.96. The minimum Gasteiger partial charge on any atom is -0.382 e. The normalized spacial score (nSPS) is 16.6. The number of benzene rings is 1. The number of anilines is 1. The third kappa shape index (κ3) is 3.31. The summed E-state index contributed by atoms with van der Waals surface area (Å²) in [5.41, 5.74) is -1.03. The van der Waals surface area contributed by atoms with Crippen LogP contribution in [0.25, 0.3) is 0 Å². The second-order valence-corrected chi connectivity index (χ2v) is 6.07. The summed E-state index contributed by atoms with van der Waals surface area (Å²) in [4.78, 5) is -0.917. The molecule has 4 nitrogen and oxygen atoms in total. The number of sulfonamides is 1. The van der Waals surface area contributed by atoms with Gasteiger partial charge in [0, 0.05) is 11.7 Å². The monoisotopic (exact) mass is 306 g/mol. The molecule has 0 saturated carbocycles. The Labute approximate surface area is 114 Å². The lowest BCUT2D eigenvalue weighted by Crippen LogP contribution is -2.20. The van der Waals surface area contributed by atoms with E-state index < -0.39 is 26.7 Å². The fraction of sp³-hybridized carbons (Fsp3) is 0.333. The van der Waals surface area contributed by atoms with Crippen LogP contribution in [0.5, 0.6) is 0 Å². The maximum atomic E-state index is 12.9. The van der Waals surface area contributed by atoms with Crippen LogP contribution >= 0.6 is 0 Å². The maximum absolute atomic E-state index is 12.9. The predicted molar refractivity (Wildman–Crippen MR) is 68.6 cm³/mol. The lowest BCUT2D eigenvalue weighted by atomic mass is 10.1. The molecule has 8 heteroatoms. The Hall–Kier alpha value is -1.54. The van der Waals surface area contributed by atoms with Gasteiger partial charge < -0.3 is 5.32 Å². The summed E-state index contributed by atoms with van der Waals surface area (Å²) in [7, 11) is -4.42. The highest BCUT2D eigenvalue weighted by molar-refractivity contribution is 7.89. The van der Waals surface area contributed by atoms with Gasteiger partial charge in [0.15, 0.2) is 0 Å². The van der Waals surface area contributed by atoms with Crippen LogP contribution in [0.3, 0.4) is 0 Å². The van der Waals surface area contributed by atoms with Crippen molar-refractivity contribution in [1.82, 2.24) is 0 Å². The van der Waals surface area contributed by atoms with Crippen LogP contribution in [0.15, 0.2) is 35.2 Å². The molecule has 1 aromatic rings. The summed E-state index contributed by atoms with van der Waals surface area (Å²) in [5.74, 6) is 0. The highest BCUT2D eigenvalue weighted by atomic mass is 32.2. The highest BCUT2D eigenvalue weighted by Crippen LogP contribution is 2.35. The zero-order valence-corrected chi connectivity index (χ0v) is 11.1. The van der Waals surface area contributed by atoms with Crippen molar-refractivity contribution in [2.75, 3.05) is 5.32 Å². The van der Waals surface area contributed by atoms with Crippen molar-refractivity contribution in [3.8, 4) is 0 Å². The SMILES string of the molecule is NS(=O)(=O)c1ccc(NC2CC=CC2)cc1C(F)(F)F. The maximum Gasteiger partial charge on any atom is 0.417 e. The van der Waals surface area contributed by atoms with Gasteiger partial charge in [-0.05, 0) is 31.0 Å². The molecular formula is C12H13F3N2O2S. The molecule has 0 unspecified atom stereocenters. The van der Waals surface area contributed by atoms with E-state index in [1.165, 1.54) is 6.07 Å². The van der Waals surface area contributed by atoms with Gasteiger partial charge in [-0.1, -0.05) is 12.2 Å². The van der Waals surface area contributed by atoms with E-state index in [0.717, 1.165) is 25.0 Å². The Bertz CT molecular complexity index is 631. The number of hydrogen-bond acceptors (Lipinski definition) is 3. The highest BCUT2D eigenvalue weighted by Gasteiger charge is 2.36. The van der Waals surface area contributed by atoms with E-state index in [4.69, 9.17) is 5.14 Å². The molecule has 0 atom stereocenters. The summed E-state index contributed by atoms with van der Waals surface area (Å²) in [5, 5.41) is 7.74. The lowest BCUT2D eigenvalue weighted by molar-refractivity contribution is -0.139. The van der Waals surface area contributed by atoms with Crippen LogP contribution in [0.2, 0.25) is 0 Å². The van der Waals surface area contributed by atoms with Crippen LogP contribution in [0, 0.1) is 0 Å². The molecule has 20 heavy (non-hydrogen) atoms. The third-order valence-electron chi connectivity index (χ3n) is 2.97. The van der Waals surface area contributed by atoms with E-state index in [9.17, 15) is 21.6 Å². The van der Waals surface area contributed by atoms with E-state index >= 15 is 0 Å². The molecular weight excluding hydrogens is 293 g/mol. The van der Waals surface area contributed by atoms with E-state index in [1.54, 1.807) is 0 Å². The van der Waals surface area contributed by atoms with Gasteiger partial charge in [-0.15, -0.1) is 0 Å². The summed E-state index contributed by atoms with van der Waals surface area (Å²) in [6.45, 7) is 0. The molecule has 0 fully saturated rings. The van der Waals surface area contributed by atoms with Crippen molar-refractivity contribution in [2.24, 2.45) is 5.14 Å². The molecule has 0 heterocycles. The molecule has 0 spiro atoms. The topological polar surface area (TPSA) is 72.2 Å². The summed E-state index contributed by atoms with van der Waals surface area (Å²) >= 11 is 0. The van der Waals surface area contributed by atoms with E-state index in [0.29, 0.717) is 0 Å². The Morgan fingerprint density at radius 1 is 1.20 bits per heavy atom. The molecule has 1 aliphatic rings. The Morgan fingerprint density at radius 2 is 1.80 bits per heavy atom. The summed E-state index contributed by atoms with van der Waals surface area (Å²) < 4.78 is 61.1. The number of nitrogens with one attached hydrogen (secondary N) is 1. The van der Waals surface area contributed by atoms with Crippen LogP contribution in [-0.2, 0) is 16.2 Å². The molecule has 110 valence electrons. The van der Waals surface area contributed by atoms with Gasteiger partial charge in [-0.2, -0.15) is 13.2 Å². The van der Waals surface area contributed by atoms with Crippen LogP contribution in [0.4, 0.5) is 18.9 Å². The average molecular weight is 306 g/mol. The van der Waals surface area contributed by atoms with Gasteiger partial charge in [-0.3, -0.25) is 0 Å². The zero-order valence-electron chi connectivity index (χ0n) is 10.3. The second kappa shape index (κ2) is 5.10. The van der Waals surface area contributed by atoms with Gasteiger partial charge in [0.2, 0.25) is 10.0 Å². The van der Waals surface area contributed by atoms with Crippen molar-refractivity contribution < 1.29 is 21.6 Å². The van der Waals surface area contributed by atoms with Crippen molar-refractivity contribution in [2.45, 2.75) is 30.0 Å². The number of primary sulfonamides is 1. The average Bonchev–Trinajstić information content (AvgIpc) is 2.79. The van der Waals surface area contributed by atoms with Gasteiger partial charge in [-0.25, -0.2) is 13.6 Å². The Morgan fingerprint density at radius 3 is 2.30 bits per heavy atom. The van der Waals surface area contributed by atoms with E-state index in [2.05, 4.69) is 5.32 Å². The van der Waals surface area contributed by atoms with Crippen molar-refractivity contribution in [1.29, 1.82) is 0 Å². The molecule has 0 amide bonds. The van der Waals surface area contributed by atoms with Crippen LogP contribution < -0.4 is 10.5 Å². The molecule has 0 aliphatic heterocycles. The number of rotatable bonds is 3. The third-order valence-corrected chi connectivity index (χ3v) is 3.94. The van der Waals surface area contributed by atoms with E-state index in [1.807, 2.05) is 12.2 Å². The van der Waals surface area contributed by atoms with Crippen molar-refractivity contribution in [3.63, 3.8) is 0 Å². The largest absolute Gasteiger partial charge is 0.417 e. The van der Waals surface area contributed by atoms with Crippen LogP contribution in [-0.4, -0.2) is 14.5 Å². The number of alkyl halides is 3. The first-order chi connectivity index (χ1) is 9.18. The first kappa shape index (κ1) is 14.9. The first-order valence-corrected chi connectivity index (χ1v) is 7.38. The molecule has 0 saturated heterocycles. The first-order valence-electron chi connectivity index (χ1n) is 5.83. The smallest absolute Gasteiger partial charge is 0.382 e. The minimum atomic E-state index is -4.78. The Balaban J connectivity index is 2.38. The van der Waals surface area contributed by atoms with Gasteiger partial charge in [0.25, 0.3) is 0 Å². The molecule has 3 N–H and O–H groups in total. The standard InChI is InChI=1S/C12H13F3N2O2S/c13-12(14,15)10-7-9(17-8-3-1-2-4-8)5-6-11(10)20(16,18)19/h1-2,5-8,17H,3-4H2,(H2,16,18,19). The summed E-state index contributed by atoms with van der Waals surface area (Å²) in [6.07, 6.45) is 0.520. The van der Waals surface area contributed by atoms with E-state index in [-0.39, 0.29) is 11.7 Å². The molecule has 0 radical (unpaired) electrons. The molecule has 0 bridgehead atoms.